The predicted octanol–water partition coefficient (Wildman–Crippen LogP) is 4.31. The van der Waals surface area contributed by atoms with Crippen LogP contribution in [0.1, 0.15) is 72.6 Å². The third-order valence-electron chi connectivity index (χ3n) is 8.88. The molecule has 3 fully saturated rings. The topological polar surface area (TPSA) is 40.5 Å². The first-order valence-corrected chi connectivity index (χ1v) is 9.78. The summed E-state index contributed by atoms with van der Waals surface area (Å²) in [5.41, 5.74) is 1.88. The summed E-state index contributed by atoms with van der Waals surface area (Å²) in [6.07, 6.45) is 10.1. The van der Waals surface area contributed by atoms with Gasteiger partial charge in [0.1, 0.15) is 0 Å². The van der Waals surface area contributed by atoms with Gasteiger partial charge < -0.3 is 10.2 Å². The highest BCUT2D eigenvalue weighted by Crippen LogP contribution is 2.66. The van der Waals surface area contributed by atoms with Gasteiger partial charge in [0.05, 0.1) is 12.2 Å². The van der Waals surface area contributed by atoms with Gasteiger partial charge in [0.25, 0.3) is 0 Å². The highest BCUT2D eigenvalue weighted by Gasteiger charge is 2.60. The van der Waals surface area contributed by atoms with Crippen LogP contribution in [0.15, 0.2) is 11.6 Å². The van der Waals surface area contributed by atoms with E-state index >= 15 is 0 Å². The van der Waals surface area contributed by atoms with Crippen molar-refractivity contribution in [3.05, 3.63) is 11.6 Å². The molecular weight excluding hydrogens is 284 g/mol. The number of rotatable bonds is 0. The van der Waals surface area contributed by atoms with Crippen LogP contribution in [0.5, 0.6) is 0 Å². The zero-order chi connectivity index (χ0) is 16.6. The molecule has 3 saturated carbocycles. The number of fused-ring (bicyclic) bond motifs is 5. The van der Waals surface area contributed by atoms with Crippen LogP contribution in [0.2, 0.25) is 0 Å². The van der Waals surface area contributed by atoms with E-state index in [0.29, 0.717) is 5.92 Å². The molecule has 0 saturated heterocycles. The Morgan fingerprint density at radius 1 is 0.870 bits per heavy atom. The molecule has 0 bridgehead atoms. The molecule has 2 heteroatoms. The number of allylic oxidation sites excluding steroid dienone is 1. The molecule has 0 spiro atoms. The van der Waals surface area contributed by atoms with Crippen molar-refractivity contribution in [2.75, 3.05) is 0 Å². The summed E-state index contributed by atoms with van der Waals surface area (Å²) in [5.74, 6) is 2.18. The molecule has 2 nitrogen and oxygen atoms in total. The lowest BCUT2D eigenvalue weighted by Crippen LogP contribution is -2.54. The van der Waals surface area contributed by atoms with Crippen molar-refractivity contribution in [2.45, 2.75) is 84.8 Å². The van der Waals surface area contributed by atoms with Crippen LogP contribution in [0, 0.1) is 34.0 Å². The molecule has 0 amide bonds. The molecule has 2 N–H and O–H groups in total. The minimum atomic E-state index is -0.194. The summed E-state index contributed by atoms with van der Waals surface area (Å²) in [5, 5.41) is 21.1. The van der Waals surface area contributed by atoms with Crippen LogP contribution in [0.3, 0.4) is 0 Å². The average Bonchev–Trinajstić information content (AvgIpc) is 2.79. The Hall–Kier alpha value is -0.340. The van der Waals surface area contributed by atoms with Crippen LogP contribution in [0.25, 0.3) is 0 Å². The van der Waals surface area contributed by atoms with Crippen molar-refractivity contribution < 1.29 is 10.2 Å². The molecule has 4 rings (SSSR count). The quantitative estimate of drug-likeness (QED) is 0.654. The van der Waals surface area contributed by atoms with E-state index in [4.69, 9.17) is 0 Å². The minimum absolute atomic E-state index is 0.0755. The number of hydrogen-bond acceptors (Lipinski definition) is 2. The van der Waals surface area contributed by atoms with Crippen molar-refractivity contribution in [3.8, 4) is 0 Å². The summed E-state index contributed by atoms with van der Waals surface area (Å²) in [4.78, 5) is 0. The highest BCUT2D eigenvalue weighted by atomic mass is 16.3. The Bertz CT molecular complexity index is 536. The summed E-state index contributed by atoms with van der Waals surface area (Å²) in [6.45, 7) is 9.32. The fourth-order valence-corrected chi connectivity index (χ4v) is 7.36. The fourth-order valence-electron chi connectivity index (χ4n) is 7.36. The summed E-state index contributed by atoms with van der Waals surface area (Å²) in [6, 6.07) is 0. The molecule has 0 unspecified atom stereocenters. The van der Waals surface area contributed by atoms with Gasteiger partial charge in [0.2, 0.25) is 0 Å². The SMILES string of the molecule is CC1(C)C2=CC[C@H]3[C@@H]4CC[C@@H](O)[C@@]4(C)CC[C@@H]3[C@@]2(C)CC[C@H]1O. The van der Waals surface area contributed by atoms with Gasteiger partial charge in [-0.25, -0.2) is 0 Å². The normalized spacial score (nSPS) is 54.7. The molecule has 4 aliphatic carbocycles. The van der Waals surface area contributed by atoms with Crippen molar-refractivity contribution in [1.29, 1.82) is 0 Å². The standard InChI is InChI=1S/C21H34O2/c1-19(2)16-7-5-13-14-6-8-18(23)21(14,4)11-9-15(13)20(16,3)12-10-17(19)22/h7,13-15,17-18,22-23H,5-6,8-12H2,1-4H3/t13-,14-,15-,17+,18+,20+,21-/m0/s1. The van der Waals surface area contributed by atoms with E-state index < -0.39 is 0 Å². The Labute approximate surface area is 141 Å². The lowest BCUT2D eigenvalue weighted by atomic mass is 9.45. The molecule has 130 valence electrons. The Kier molecular flexibility index (Phi) is 3.40. The van der Waals surface area contributed by atoms with Crippen LogP contribution in [-0.2, 0) is 0 Å². The molecule has 0 heterocycles. The van der Waals surface area contributed by atoms with Gasteiger partial charge in [-0.2, -0.15) is 0 Å². The van der Waals surface area contributed by atoms with Gasteiger partial charge in [-0.1, -0.05) is 39.3 Å². The minimum Gasteiger partial charge on any atom is -0.393 e. The Morgan fingerprint density at radius 3 is 2.35 bits per heavy atom. The smallest absolute Gasteiger partial charge is 0.0628 e. The zero-order valence-corrected chi connectivity index (χ0v) is 15.3. The molecular formula is C21H34O2. The van der Waals surface area contributed by atoms with Gasteiger partial charge in [-0.15, -0.1) is 0 Å². The fraction of sp³-hybridized carbons (Fsp3) is 0.905. The molecule has 0 aromatic heterocycles. The molecule has 0 aromatic rings. The van der Waals surface area contributed by atoms with Gasteiger partial charge in [-0.05, 0) is 73.5 Å². The van der Waals surface area contributed by atoms with E-state index in [-0.39, 0.29) is 28.5 Å². The van der Waals surface area contributed by atoms with Crippen molar-refractivity contribution in [3.63, 3.8) is 0 Å². The summed E-state index contributed by atoms with van der Waals surface area (Å²) in [7, 11) is 0. The summed E-state index contributed by atoms with van der Waals surface area (Å²) >= 11 is 0. The van der Waals surface area contributed by atoms with Gasteiger partial charge in [0.15, 0.2) is 0 Å². The van der Waals surface area contributed by atoms with Gasteiger partial charge >= 0.3 is 0 Å². The van der Waals surface area contributed by atoms with Crippen LogP contribution in [-0.4, -0.2) is 22.4 Å². The van der Waals surface area contributed by atoms with Crippen LogP contribution < -0.4 is 0 Å². The molecule has 7 atom stereocenters. The van der Waals surface area contributed by atoms with Gasteiger partial charge in [0, 0.05) is 5.41 Å². The van der Waals surface area contributed by atoms with Crippen LogP contribution >= 0.6 is 0 Å². The van der Waals surface area contributed by atoms with Crippen molar-refractivity contribution in [1.82, 2.24) is 0 Å². The number of aliphatic hydroxyl groups excluding tert-OH is 2. The molecule has 0 aromatic carbocycles. The lowest BCUT2D eigenvalue weighted by Gasteiger charge is -2.60. The molecule has 0 aliphatic heterocycles. The summed E-state index contributed by atoms with van der Waals surface area (Å²) < 4.78 is 0. The molecule has 23 heavy (non-hydrogen) atoms. The maximum absolute atomic E-state index is 10.5. The van der Waals surface area contributed by atoms with Gasteiger partial charge in [-0.3, -0.25) is 0 Å². The van der Waals surface area contributed by atoms with Crippen LogP contribution in [0.4, 0.5) is 0 Å². The second-order valence-electron chi connectivity index (χ2n) is 10.1. The highest BCUT2D eigenvalue weighted by molar-refractivity contribution is 5.31. The molecule has 0 radical (unpaired) electrons. The lowest BCUT2D eigenvalue weighted by molar-refractivity contribution is -0.0870. The first-order chi connectivity index (χ1) is 10.7. The van der Waals surface area contributed by atoms with Crippen molar-refractivity contribution >= 4 is 0 Å². The zero-order valence-electron chi connectivity index (χ0n) is 15.3. The second kappa shape index (κ2) is 4.85. The first kappa shape index (κ1) is 16.1. The third kappa shape index (κ3) is 1.94. The second-order valence-corrected chi connectivity index (χ2v) is 10.1. The Morgan fingerprint density at radius 2 is 1.61 bits per heavy atom. The van der Waals surface area contributed by atoms with E-state index in [1.807, 2.05) is 0 Å². The van der Waals surface area contributed by atoms with Crippen molar-refractivity contribution in [2.24, 2.45) is 34.0 Å². The third-order valence-corrected chi connectivity index (χ3v) is 8.88. The molecule has 4 aliphatic rings. The van der Waals surface area contributed by atoms with E-state index in [1.165, 1.54) is 31.3 Å². The maximum Gasteiger partial charge on any atom is 0.0628 e. The van der Waals surface area contributed by atoms with E-state index in [2.05, 4.69) is 33.8 Å². The number of hydrogen-bond donors (Lipinski definition) is 2. The monoisotopic (exact) mass is 318 g/mol. The average molecular weight is 319 g/mol. The predicted molar refractivity (Wildman–Crippen MR) is 92.9 cm³/mol. The largest absolute Gasteiger partial charge is 0.393 e. The van der Waals surface area contributed by atoms with E-state index in [0.717, 1.165) is 31.1 Å². The van der Waals surface area contributed by atoms with E-state index in [9.17, 15) is 10.2 Å². The first-order valence-electron chi connectivity index (χ1n) is 9.78. The van der Waals surface area contributed by atoms with E-state index in [1.54, 1.807) is 0 Å². The Balaban J connectivity index is 1.73. The maximum atomic E-state index is 10.5. The number of aliphatic hydroxyl groups is 2.